The summed E-state index contributed by atoms with van der Waals surface area (Å²) in [6.07, 6.45) is 0. The molecule has 6 heteroatoms. The van der Waals surface area contributed by atoms with Crippen molar-refractivity contribution in [1.82, 2.24) is 10.5 Å². The van der Waals surface area contributed by atoms with Crippen molar-refractivity contribution in [3.8, 4) is 0 Å². The lowest BCUT2D eigenvalue weighted by atomic mass is 10.1. The number of amides is 1. The Kier molecular flexibility index (Phi) is 4.96. The first-order chi connectivity index (χ1) is 6.81. The zero-order valence-electron chi connectivity index (χ0n) is 9.96. The first-order valence-corrected chi connectivity index (χ1v) is 4.81. The van der Waals surface area contributed by atoms with E-state index in [0.29, 0.717) is 23.6 Å². The van der Waals surface area contributed by atoms with E-state index in [9.17, 15) is 4.79 Å². The summed E-state index contributed by atoms with van der Waals surface area (Å²) in [4.78, 5) is 11.7. The molecule has 0 unspecified atom stereocenters. The Morgan fingerprint density at radius 1 is 1.50 bits per heavy atom. The molecule has 1 heterocycles. The van der Waals surface area contributed by atoms with Crippen LogP contribution >= 0.6 is 12.4 Å². The van der Waals surface area contributed by atoms with Crippen molar-refractivity contribution in [2.45, 2.75) is 33.2 Å². The van der Waals surface area contributed by atoms with Crippen molar-refractivity contribution in [3.05, 3.63) is 17.0 Å². The molecule has 1 amide bonds. The van der Waals surface area contributed by atoms with Gasteiger partial charge in [-0.15, -0.1) is 12.4 Å². The standard InChI is InChI=1S/C10H17N3O2.ClH/c1-6-8(7(2)15-13-6)9(14)12-5-10(3,4)11;/h5,11H2,1-4H3,(H,12,14);1H. The number of hydrogen-bond acceptors (Lipinski definition) is 4. The predicted octanol–water partition coefficient (Wildman–Crippen LogP) is 1.18. The van der Waals surface area contributed by atoms with Crippen molar-refractivity contribution in [2.75, 3.05) is 6.54 Å². The highest BCUT2D eigenvalue weighted by Crippen LogP contribution is 2.11. The number of nitrogens with zero attached hydrogens (tertiary/aromatic N) is 1. The second-order valence-corrected chi connectivity index (χ2v) is 4.37. The zero-order valence-corrected chi connectivity index (χ0v) is 10.8. The topological polar surface area (TPSA) is 81.2 Å². The van der Waals surface area contributed by atoms with E-state index in [0.717, 1.165) is 0 Å². The highest BCUT2D eigenvalue weighted by Gasteiger charge is 2.19. The summed E-state index contributed by atoms with van der Waals surface area (Å²) < 4.78 is 4.91. The number of carbonyl (C=O) groups excluding carboxylic acids is 1. The lowest BCUT2D eigenvalue weighted by Crippen LogP contribution is -2.45. The van der Waals surface area contributed by atoms with Gasteiger partial charge in [-0.05, 0) is 27.7 Å². The quantitative estimate of drug-likeness (QED) is 0.841. The number of carbonyl (C=O) groups is 1. The first kappa shape index (κ1) is 14.9. The number of hydrogen-bond donors (Lipinski definition) is 2. The Hall–Kier alpha value is -1.07. The van der Waals surface area contributed by atoms with Crippen LogP contribution in [0.5, 0.6) is 0 Å². The second kappa shape index (κ2) is 5.32. The number of aryl methyl sites for hydroxylation is 2. The SMILES string of the molecule is Cc1noc(C)c1C(=O)NCC(C)(C)N.Cl. The summed E-state index contributed by atoms with van der Waals surface area (Å²) in [5, 5.41) is 6.46. The predicted molar refractivity (Wildman–Crippen MR) is 63.8 cm³/mol. The van der Waals surface area contributed by atoms with E-state index >= 15 is 0 Å². The van der Waals surface area contributed by atoms with Gasteiger partial charge in [-0.25, -0.2) is 0 Å². The van der Waals surface area contributed by atoms with Crippen LogP contribution in [0.4, 0.5) is 0 Å². The van der Waals surface area contributed by atoms with Crippen LogP contribution in [-0.2, 0) is 0 Å². The summed E-state index contributed by atoms with van der Waals surface area (Å²) in [5.41, 5.74) is 6.43. The third-order valence-electron chi connectivity index (χ3n) is 1.96. The molecular formula is C10H18ClN3O2. The molecule has 1 aromatic heterocycles. The minimum atomic E-state index is -0.422. The van der Waals surface area contributed by atoms with Gasteiger partial charge in [0, 0.05) is 12.1 Å². The van der Waals surface area contributed by atoms with Gasteiger partial charge in [-0.3, -0.25) is 4.79 Å². The number of halogens is 1. The van der Waals surface area contributed by atoms with Crippen LogP contribution in [0.15, 0.2) is 4.52 Å². The van der Waals surface area contributed by atoms with E-state index in [1.807, 2.05) is 13.8 Å². The molecule has 0 aliphatic carbocycles. The van der Waals surface area contributed by atoms with Crippen LogP contribution in [0.25, 0.3) is 0 Å². The van der Waals surface area contributed by atoms with E-state index in [1.165, 1.54) is 0 Å². The van der Waals surface area contributed by atoms with Crippen LogP contribution in [0.1, 0.15) is 35.7 Å². The number of rotatable bonds is 3. The maximum Gasteiger partial charge on any atom is 0.256 e. The maximum atomic E-state index is 11.7. The van der Waals surface area contributed by atoms with Crippen molar-refractivity contribution in [1.29, 1.82) is 0 Å². The van der Waals surface area contributed by atoms with Crippen LogP contribution in [0.2, 0.25) is 0 Å². The third-order valence-corrected chi connectivity index (χ3v) is 1.96. The minimum Gasteiger partial charge on any atom is -0.361 e. The lowest BCUT2D eigenvalue weighted by Gasteiger charge is -2.18. The molecule has 1 aromatic rings. The maximum absolute atomic E-state index is 11.7. The Morgan fingerprint density at radius 2 is 2.06 bits per heavy atom. The normalized spacial score (nSPS) is 10.8. The molecule has 3 N–H and O–H groups in total. The zero-order chi connectivity index (χ0) is 11.6. The molecule has 0 aromatic carbocycles. The molecule has 0 radical (unpaired) electrons. The number of nitrogens with two attached hydrogens (primary N) is 1. The fraction of sp³-hybridized carbons (Fsp3) is 0.600. The fourth-order valence-corrected chi connectivity index (χ4v) is 1.20. The molecule has 0 aliphatic heterocycles. The van der Waals surface area contributed by atoms with Gasteiger partial charge < -0.3 is 15.6 Å². The van der Waals surface area contributed by atoms with E-state index in [-0.39, 0.29) is 18.3 Å². The van der Waals surface area contributed by atoms with Crippen molar-refractivity contribution in [3.63, 3.8) is 0 Å². The molecule has 92 valence electrons. The summed E-state index contributed by atoms with van der Waals surface area (Å²) >= 11 is 0. The second-order valence-electron chi connectivity index (χ2n) is 4.37. The van der Waals surface area contributed by atoms with Crippen molar-refractivity contribution >= 4 is 18.3 Å². The summed E-state index contributed by atoms with van der Waals surface area (Å²) in [7, 11) is 0. The smallest absolute Gasteiger partial charge is 0.256 e. The monoisotopic (exact) mass is 247 g/mol. The molecule has 0 bridgehead atoms. The van der Waals surface area contributed by atoms with Gasteiger partial charge in [-0.2, -0.15) is 0 Å². The van der Waals surface area contributed by atoms with E-state index in [4.69, 9.17) is 10.3 Å². The molecule has 5 nitrogen and oxygen atoms in total. The molecule has 0 saturated heterocycles. The average Bonchev–Trinajstić information content (AvgIpc) is 2.41. The van der Waals surface area contributed by atoms with Gasteiger partial charge in [0.15, 0.2) is 0 Å². The molecular weight excluding hydrogens is 230 g/mol. The van der Waals surface area contributed by atoms with E-state index in [2.05, 4.69) is 10.5 Å². The Labute approximate surface area is 101 Å². The van der Waals surface area contributed by atoms with E-state index in [1.54, 1.807) is 13.8 Å². The molecule has 0 atom stereocenters. The molecule has 0 aliphatic rings. The van der Waals surface area contributed by atoms with Gasteiger partial charge in [0.1, 0.15) is 11.3 Å². The van der Waals surface area contributed by atoms with Gasteiger partial charge in [0.05, 0.1) is 5.69 Å². The van der Waals surface area contributed by atoms with Gasteiger partial charge >= 0.3 is 0 Å². The van der Waals surface area contributed by atoms with Crippen LogP contribution < -0.4 is 11.1 Å². The lowest BCUT2D eigenvalue weighted by molar-refractivity contribution is 0.0944. The molecule has 16 heavy (non-hydrogen) atoms. The average molecular weight is 248 g/mol. The Morgan fingerprint density at radius 3 is 2.44 bits per heavy atom. The molecule has 0 fully saturated rings. The van der Waals surface area contributed by atoms with Gasteiger partial charge in [0.2, 0.25) is 0 Å². The largest absolute Gasteiger partial charge is 0.361 e. The Balaban J connectivity index is 0.00000225. The summed E-state index contributed by atoms with van der Waals surface area (Å²) in [6.45, 7) is 7.55. The highest BCUT2D eigenvalue weighted by atomic mass is 35.5. The van der Waals surface area contributed by atoms with Crippen molar-refractivity contribution in [2.24, 2.45) is 5.73 Å². The summed E-state index contributed by atoms with van der Waals surface area (Å²) in [5.74, 6) is 0.338. The fourth-order valence-electron chi connectivity index (χ4n) is 1.20. The van der Waals surface area contributed by atoms with Gasteiger partial charge in [0.25, 0.3) is 5.91 Å². The van der Waals surface area contributed by atoms with Crippen LogP contribution in [0.3, 0.4) is 0 Å². The van der Waals surface area contributed by atoms with Crippen LogP contribution in [-0.4, -0.2) is 23.1 Å². The van der Waals surface area contributed by atoms with E-state index < -0.39 is 5.54 Å². The number of nitrogens with one attached hydrogen (secondary N) is 1. The van der Waals surface area contributed by atoms with Crippen molar-refractivity contribution < 1.29 is 9.32 Å². The molecule has 0 saturated carbocycles. The highest BCUT2D eigenvalue weighted by molar-refractivity contribution is 5.96. The molecule has 1 rings (SSSR count). The third kappa shape index (κ3) is 3.83. The van der Waals surface area contributed by atoms with Gasteiger partial charge in [-0.1, -0.05) is 5.16 Å². The Bertz CT molecular complexity index is 349. The van der Waals surface area contributed by atoms with Crippen LogP contribution in [0, 0.1) is 13.8 Å². The molecule has 0 spiro atoms. The number of aromatic nitrogens is 1. The first-order valence-electron chi connectivity index (χ1n) is 4.81. The summed E-state index contributed by atoms with van der Waals surface area (Å²) in [6, 6.07) is 0. The minimum absolute atomic E-state index is 0.